The van der Waals surface area contributed by atoms with Crippen molar-refractivity contribution in [2.75, 3.05) is 0 Å². The van der Waals surface area contributed by atoms with E-state index in [1.165, 1.54) is 0 Å². The van der Waals surface area contributed by atoms with E-state index in [0.717, 1.165) is 10.0 Å². The van der Waals surface area contributed by atoms with Gasteiger partial charge >= 0.3 is 6.09 Å². The van der Waals surface area contributed by atoms with Gasteiger partial charge in [0.25, 0.3) is 0 Å². The van der Waals surface area contributed by atoms with E-state index in [1.54, 1.807) is 12.4 Å². The molecule has 5 nitrogen and oxygen atoms in total. The Morgan fingerprint density at radius 2 is 1.75 bits per heavy atom. The molecule has 0 aliphatic carbocycles. The van der Waals surface area contributed by atoms with Crippen molar-refractivity contribution in [2.45, 2.75) is 57.5 Å². The largest absolute Gasteiger partial charge is 0.435 e. The summed E-state index contributed by atoms with van der Waals surface area (Å²) in [6.07, 6.45) is 1.96. The van der Waals surface area contributed by atoms with Gasteiger partial charge in [0.1, 0.15) is 6.10 Å². The van der Waals surface area contributed by atoms with Crippen molar-refractivity contribution in [1.29, 1.82) is 0 Å². The maximum atomic E-state index is 11.9. The molecule has 1 heterocycles. The Bertz CT molecular complexity index is 824. The van der Waals surface area contributed by atoms with Crippen LogP contribution < -0.4 is 5.73 Å². The molecule has 0 radical (unpaired) electrons. The average molecular weight is 465 g/mol. The van der Waals surface area contributed by atoms with Gasteiger partial charge in [-0.3, -0.25) is 4.98 Å². The van der Waals surface area contributed by atoms with Crippen molar-refractivity contribution >= 4 is 30.3 Å². The number of amides is 1. The molecule has 0 aliphatic heterocycles. The number of carbonyl (C=O) groups is 1. The molecular weight excluding hydrogens is 436 g/mol. The first-order valence-electron chi connectivity index (χ1n) is 9.19. The molecule has 2 N–H and O–H groups in total. The van der Waals surface area contributed by atoms with Crippen LogP contribution in [-0.4, -0.2) is 19.4 Å². The lowest BCUT2D eigenvalue weighted by Crippen LogP contribution is -2.48. The summed E-state index contributed by atoms with van der Waals surface area (Å²) in [7, 11) is -2.22. The first kappa shape index (κ1) is 22.6. The summed E-state index contributed by atoms with van der Waals surface area (Å²) in [6, 6.07) is 11.7. The Morgan fingerprint density at radius 3 is 2.25 bits per heavy atom. The Morgan fingerprint density at radius 1 is 1.14 bits per heavy atom. The fraction of sp³-hybridized carbons (Fsp3) is 0.429. The lowest BCUT2D eigenvalue weighted by molar-refractivity contribution is -0.0680. The van der Waals surface area contributed by atoms with Gasteiger partial charge in [-0.2, -0.15) is 0 Å². The van der Waals surface area contributed by atoms with E-state index in [0.29, 0.717) is 5.56 Å². The zero-order valence-corrected chi connectivity index (χ0v) is 19.9. The van der Waals surface area contributed by atoms with E-state index in [2.05, 4.69) is 54.8 Å². The molecule has 1 amide bonds. The number of halogens is 1. The number of benzene rings is 1. The van der Waals surface area contributed by atoms with E-state index in [9.17, 15) is 4.79 Å². The molecule has 0 spiro atoms. The summed E-state index contributed by atoms with van der Waals surface area (Å²) < 4.78 is 13.3. The zero-order chi connectivity index (χ0) is 21.2. The van der Waals surface area contributed by atoms with Crippen molar-refractivity contribution in [3.63, 3.8) is 0 Å². The molecule has 2 aromatic rings. The molecule has 0 bridgehead atoms. The number of carbonyl (C=O) groups excluding carboxylic acids is 1. The molecule has 0 saturated carbocycles. The van der Waals surface area contributed by atoms with Crippen molar-refractivity contribution < 1.29 is 14.0 Å². The maximum Gasteiger partial charge on any atom is 0.405 e. The normalized spacial score (nSPS) is 15.5. The number of primary amides is 1. The van der Waals surface area contributed by atoms with Crippen LogP contribution >= 0.6 is 15.9 Å². The summed E-state index contributed by atoms with van der Waals surface area (Å²) in [5.41, 5.74) is 5.94. The summed E-state index contributed by atoms with van der Waals surface area (Å²) in [4.78, 5) is 16.2. The number of aromatic nitrogens is 1. The molecule has 0 aliphatic rings. The molecule has 2 atom stereocenters. The number of pyridine rings is 1. The van der Waals surface area contributed by atoms with Crippen LogP contribution in [0.4, 0.5) is 4.79 Å². The minimum Gasteiger partial charge on any atom is -0.435 e. The summed E-state index contributed by atoms with van der Waals surface area (Å²) >= 11 is 3.45. The molecular formula is C21H29BrN2O3Si. The number of nitrogens with two attached hydrogens (primary N) is 1. The predicted molar refractivity (Wildman–Crippen MR) is 117 cm³/mol. The average Bonchev–Trinajstić information content (AvgIpc) is 2.59. The van der Waals surface area contributed by atoms with Crippen molar-refractivity contribution in [2.24, 2.45) is 5.73 Å². The lowest BCUT2D eigenvalue weighted by Gasteiger charge is -2.45. The molecule has 1 aromatic carbocycles. The third-order valence-corrected chi connectivity index (χ3v) is 10.3. The van der Waals surface area contributed by atoms with Crippen LogP contribution in [0, 0.1) is 0 Å². The van der Waals surface area contributed by atoms with Crippen LogP contribution in [0.5, 0.6) is 0 Å². The fourth-order valence-electron chi connectivity index (χ4n) is 2.75. The van der Waals surface area contributed by atoms with Crippen molar-refractivity contribution in [3.05, 3.63) is 64.4 Å². The van der Waals surface area contributed by atoms with Gasteiger partial charge in [-0.15, -0.1) is 0 Å². The highest BCUT2D eigenvalue weighted by atomic mass is 79.9. The third kappa shape index (κ3) is 5.01. The lowest BCUT2D eigenvalue weighted by atomic mass is 9.87. The Labute approximate surface area is 176 Å². The van der Waals surface area contributed by atoms with Crippen molar-refractivity contribution in [3.8, 4) is 0 Å². The van der Waals surface area contributed by atoms with Gasteiger partial charge in [-0.1, -0.05) is 51.1 Å². The smallest absolute Gasteiger partial charge is 0.405 e. The Balaban J connectivity index is 2.67. The molecule has 28 heavy (non-hydrogen) atoms. The predicted octanol–water partition coefficient (Wildman–Crippen LogP) is 5.92. The summed E-state index contributed by atoms with van der Waals surface area (Å²) in [5, 5.41) is -0.0246. The second kappa shape index (κ2) is 8.35. The second-order valence-electron chi connectivity index (χ2n) is 8.59. The van der Waals surface area contributed by atoms with E-state index in [-0.39, 0.29) is 5.04 Å². The number of ether oxygens (including phenoxy) is 1. The van der Waals surface area contributed by atoms with Crippen LogP contribution in [0.1, 0.15) is 44.9 Å². The maximum absolute atomic E-state index is 11.9. The zero-order valence-electron chi connectivity index (χ0n) is 17.3. The van der Waals surface area contributed by atoms with Crippen molar-refractivity contribution in [1.82, 2.24) is 4.98 Å². The fourth-order valence-corrected chi connectivity index (χ4v) is 4.42. The minimum atomic E-state index is -2.22. The van der Waals surface area contributed by atoms with Crippen LogP contribution in [-0.2, 0) is 14.8 Å². The van der Waals surface area contributed by atoms with Crippen LogP contribution in [0.15, 0.2) is 53.3 Å². The SMILES string of the molecule is CC(C)(C)[Si](C)(C)O[C@H](c1ccccc1)[C@](C)(OC(N)=O)c1cncc(Br)c1. The first-order valence-corrected chi connectivity index (χ1v) is 12.9. The van der Waals surface area contributed by atoms with E-state index >= 15 is 0 Å². The number of nitrogens with zero attached hydrogens (tertiary/aromatic N) is 1. The van der Waals surface area contributed by atoms with Gasteiger partial charge in [0.15, 0.2) is 13.9 Å². The summed E-state index contributed by atoms with van der Waals surface area (Å²) in [5.74, 6) is 0. The number of rotatable bonds is 6. The highest BCUT2D eigenvalue weighted by Gasteiger charge is 2.48. The highest BCUT2D eigenvalue weighted by molar-refractivity contribution is 9.10. The molecule has 0 fully saturated rings. The molecule has 0 unspecified atom stereocenters. The molecule has 7 heteroatoms. The van der Waals surface area contributed by atoms with Crippen LogP contribution in [0.2, 0.25) is 18.1 Å². The van der Waals surface area contributed by atoms with E-state index < -0.39 is 26.1 Å². The van der Waals surface area contributed by atoms with Gasteiger partial charge < -0.3 is 14.9 Å². The van der Waals surface area contributed by atoms with Gasteiger partial charge in [-0.25, -0.2) is 4.79 Å². The third-order valence-electron chi connectivity index (χ3n) is 5.41. The van der Waals surface area contributed by atoms with E-state index in [4.69, 9.17) is 14.9 Å². The van der Waals surface area contributed by atoms with Crippen LogP contribution in [0.25, 0.3) is 0 Å². The first-order chi connectivity index (χ1) is 12.9. The van der Waals surface area contributed by atoms with Gasteiger partial charge in [0.05, 0.1) is 0 Å². The summed E-state index contributed by atoms with van der Waals surface area (Å²) in [6.45, 7) is 12.7. The number of hydrogen-bond acceptors (Lipinski definition) is 4. The quantitative estimate of drug-likeness (QED) is 0.538. The van der Waals surface area contributed by atoms with Gasteiger partial charge in [0, 0.05) is 22.4 Å². The standard InChI is InChI=1S/C21H29BrN2O3Si/c1-20(2,3)28(5,6)27-18(15-10-8-7-9-11-15)21(4,26-19(23)25)16-12-17(22)14-24-13-16/h7-14,18H,1-6H3,(H2,23,25)/t18-,21-/m1/s1. The molecule has 1 aromatic heterocycles. The topological polar surface area (TPSA) is 74.4 Å². The van der Waals surface area contributed by atoms with E-state index in [1.807, 2.05) is 43.3 Å². The molecule has 152 valence electrons. The monoisotopic (exact) mass is 464 g/mol. The Kier molecular flexibility index (Phi) is 6.73. The highest BCUT2D eigenvalue weighted by Crippen LogP contribution is 2.47. The second-order valence-corrected chi connectivity index (χ2v) is 14.3. The minimum absolute atomic E-state index is 0.0246. The van der Waals surface area contributed by atoms with Gasteiger partial charge in [-0.05, 0) is 52.6 Å². The van der Waals surface area contributed by atoms with Crippen LogP contribution in [0.3, 0.4) is 0 Å². The van der Waals surface area contributed by atoms with Gasteiger partial charge in [0.2, 0.25) is 0 Å². The number of hydrogen-bond donors (Lipinski definition) is 1. The molecule has 0 saturated heterocycles. The Hall–Kier alpha value is -1.70. The molecule has 2 rings (SSSR count).